The summed E-state index contributed by atoms with van der Waals surface area (Å²) < 4.78 is 0.884. The number of rotatable bonds is 4. The van der Waals surface area contributed by atoms with E-state index in [1.165, 1.54) is 13.1 Å². The molecule has 0 saturated carbocycles. The summed E-state index contributed by atoms with van der Waals surface area (Å²) in [5.74, 6) is -0.575. The Morgan fingerprint density at radius 2 is 2.00 bits per heavy atom. The van der Waals surface area contributed by atoms with Gasteiger partial charge in [-0.2, -0.15) is 5.10 Å². The van der Waals surface area contributed by atoms with Crippen molar-refractivity contribution in [3.05, 3.63) is 46.1 Å². The lowest BCUT2D eigenvalue weighted by molar-refractivity contribution is -0.119. The Morgan fingerprint density at radius 3 is 2.69 bits per heavy atom. The Kier molecular flexibility index (Phi) is 5.36. The first-order valence-electron chi connectivity index (χ1n) is 8.14. The molecule has 1 atom stereocenters. The monoisotopic (exact) mass is 419 g/mol. The Morgan fingerprint density at radius 1 is 1.27 bits per heavy atom. The molecule has 9 heteroatoms. The molecule has 0 aliphatic carbocycles. The number of anilines is 1. The topological polar surface area (TPSA) is 107 Å². The van der Waals surface area contributed by atoms with Crippen LogP contribution in [0.25, 0.3) is 0 Å². The van der Waals surface area contributed by atoms with Crippen LogP contribution in [0.15, 0.2) is 34.8 Å². The lowest BCUT2D eigenvalue weighted by Gasteiger charge is -2.23. The standard InChI is InChI=1S/C17H18BrN5O3/c1-19-15(24)12-9-14(22-21-12)20-16(25)13-3-2-8-23(13)17(26)10-4-6-11(18)7-5-10/h4-7,9,13H,2-3,8H2,1H3,(H,19,24)(H2,20,21,22,25). The van der Waals surface area contributed by atoms with Crippen LogP contribution in [-0.4, -0.2) is 52.5 Å². The fraction of sp³-hybridized carbons (Fsp3) is 0.294. The molecule has 0 spiro atoms. The summed E-state index contributed by atoms with van der Waals surface area (Å²) >= 11 is 3.34. The fourth-order valence-corrected chi connectivity index (χ4v) is 3.15. The second-order valence-corrected chi connectivity index (χ2v) is 6.81. The third kappa shape index (κ3) is 3.77. The number of benzene rings is 1. The van der Waals surface area contributed by atoms with Gasteiger partial charge >= 0.3 is 0 Å². The number of nitrogens with zero attached hydrogens (tertiary/aromatic N) is 2. The maximum atomic E-state index is 12.7. The Balaban J connectivity index is 1.70. The predicted molar refractivity (Wildman–Crippen MR) is 98.8 cm³/mol. The van der Waals surface area contributed by atoms with Crippen LogP contribution < -0.4 is 10.6 Å². The van der Waals surface area contributed by atoms with Crippen LogP contribution in [0.1, 0.15) is 33.7 Å². The molecule has 1 aromatic heterocycles. The number of hydrogen-bond acceptors (Lipinski definition) is 4. The molecule has 1 aliphatic heterocycles. The Hall–Kier alpha value is -2.68. The lowest BCUT2D eigenvalue weighted by Crippen LogP contribution is -2.43. The zero-order valence-electron chi connectivity index (χ0n) is 14.1. The van der Waals surface area contributed by atoms with Gasteiger partial charge in [0, 0.05) is 29.7 Å². The van der Waals surface area contributed by atoms with Crippen LogP contribution in [-0.2, 0) is 4.79 Å². The maximum Gasteiger partial charge on any atom is 0.269 e. The summed E-state index contributed by atoms with van der Waals surface area (Å²) in [5, 5.41) is 11.6. The van der Waals surface area contributed by atoms with Crippen molar-refractivity contribution in [3.8, 4) is 0 Å². The maximum absolute atomic E-state index is 12.7. The molecule has 136 valence electrons. The van der Waals surface area contributed by atoms with Crippen LogP contribution >= 0.6 is 15.9 Å². The van der Waals surface area contributed by atoms with Gasteiger partial charge in [-0.15, -0.1) is 0 Å². The molecule has 0 radical (unpaired) electrons. The minimum absolute atomic E-state index is 0.178. The highest BCUT2D eigenvalue weighted by molar-refractivity contribution is 9.10. The van der Waals surface area contributed by atoms with Crippen LogP contribution in [0.3, 0.4) is 0 Å². The van der Waals surface area contributed by atoms with Crippen molar-refractivity contribution in [1.29, 1.82) is 0 Å². The molecule has 1 saturated heterocycles. The Labute approximate surface area is 158 Å². The smallest absolute Gasteiger partial charge is 0.269 e. The normalized spacial score (nSPS) is 16.4. The average Bonchev–Trinajstić information content (AvgIpc) is 3.30. The number of H-pyrrole nitrogens is 1. The van der Waals surface area contributed by atoms with Crippen LogP contribution in [0, 0.1) is 0 Å². The van der Waals surface area contributed by atoms with Gasteiger partial charge < -0.3 is 15.5 Å². The number of nitrogens with one attached hydrogen (secondary N) is 3. The van der Waals surface area contributed by atoms with Crippen molar-refractivity contribution in [1.82, 2.24) is 20.4 Å². The molecule has 3 amide bonds. The van der Waals surface area contributed by atoms with Crippen molar-refractivity contribution in [2.24, 2.45) is 0 Å². The number of carbonyl (C=O) groups is 3. The predicted octanol–water partition coefficient (Wildman–Crippen LogP) is 1.78. The number of aromatic nitrogens is 2. The van der Waals surface area contributed by atoms with Crippen LogP contribution in [0.2, 0.25) is 0 Å². The highest BCUT2D eigenvalue weighted by Crippen LogP contribution is 2.22. The molecule has 1 aliphatic rings. The number of likely N-dealkylation sites (tertiary alicyclic amines) is 1. The van der Waals surface area contributed by atoms with E-state index in [1.807, 2.05) is 0 Å². The highest BCUT2D eigenvalue weighted by atomic mass is 79.9. The van der Waals surface area contributed by atoms with E-state index in [1.54, 1.807) is 29.2 Å². The van der Waals surface area contributed by atoms with Crippen molar-refractivity contribution in [3.63, 3.8) is 0 Å². The van der Waals surface area contributed by atoms with E-state index in [9.17, 15) is 14.4 Å². The second-order valence-electron chi connectivity index (χ2n) is 5.90. The zero-order valence-corrected chi connectivity index (χ0v) is 15.7. The summed E-state index contributed by atoms with van der Waals surface area (Å²) in [6, 6.07) is 7.93. The molecule has 3 rings (SSSR count). The molecular formula is C17H18BrN5O3. The quantitative estimate of drug-likeness (QED) is 0.701. The van der Waals surface area contributed by atoms with Gasteiger partial charge in [0.15, 0.2) is 5.82 Å². The van der Waals surface area contributed by atoms with Gasteiger partial charge in [0.2, 0.25) is 5.91 Å². The molecular weight excluding hydrogens is 402 g/mol. The molecule has 2 heterocycles. The summed E-state index contributed by atoms with van der Waals surface area (Å²) in [4.78, 5) is 38.4. The molecule has 2 aromatic rings. The molecule has 1 aromatic carbocycles. The molecule has 26 heavy (non-hydrogen) atoms. The summed E-state index contributed by atoms with van der Waals surface area (Å²) in [5.41, 5.74) is 0.784. The largest absolute Gasteiger partial charge is 0.354 e. The molecule has 0 bridgehead atoms. The van der Waals surface area contributed by atoms with Crippen molar-refractivity contribution >= 4 is 39.5 Å². The van der Waals surface area contributed by atoms with E-state index in [0.29, 0.717) is 18.5 Å². The minimum Gasteiger partial charge on any atom is -0.354 e. The molecule has 3 N–H and O–H groups in total. The number of halogens is 1. The number of amides is 3. The van der Waals surface area contributed by atoms with Gasteiger partial charge in [-0.05, 0) is 37.1 Å². The lowest BCUT2D eigenvalue weighted by atomic mass is 10.1. The van der Waals surface area contributed by atoms with Crippen LogP contribution in [0.4, 0.5) is 5.82 Å². The highest BCUT2D eigenvalue weighted by Gasteiger charge is 2.34. The fourth-order valence-electron chi connectivity index (χ4n) is 2.89. The first-order chi connectivity index (χ1) is 12.5. The van der Waals surface area contributed by atoms with Gasteiger partial charge in [0.1, 0.15) is 11.7 Å². The number of aromatic amines is 1. The third-order valence-electron chi connectivity index (χ3n) is 4.21. The summed E-state index contributed by atoms with van der Waals surface area (Å²) in [7, 11) is 1.51. The third-order valence-corrected chi connectivity index (χ3v) is 4.74. The van der Waals surface area contributed by atoms with E-state index in [0.717, 1.165) is 10.9 Å². The SMILES string of the molecule is CNC(=O)c1cc(NC(=O)C2CCCN2C(=O)c2ccc(Br)cc2)n[nH]1. The van der Waals surface area contributed by atoms with Gasteiger partial charge in [0.25, 0.3) is 11.8 Å². The second kappa shape index (κ2) is 7.69. The van der Waals surface area contributed by atoms with Gasteiger partial charge in [-0.3, -0.25) is 19.5 Å². The first kappa shape index (κ1) is 18.1. The van der Waals surface area contributed by atoms with Gasteiger partial charge in [-0.25, -0.2) is 0 Å². The molecule has 8 nitrogen and oxygen atoms in total. The van der Waals surface area contributed by atoms with Gasteiger partial charge in [-0.1, -0.05) is 15.9 Å². The molecule has 1 fully saturated rings. The van der Waals surface area contributed by atoms with E-state index >= 15 is 0 Å². The first-order valence-corrected chi connectivity index (χ1v) is 8.94. The van der Waals surface area contributed by atoms with E-state index in [2.05, 4.69) is 36.8 Å². The number of hydrogen-bond donors (Lipinski definition) is 3. The van der Waals surface area contributed by atoms with Gasteiger partial charge in [0.05, 0.1) is 0 Å². The van der Waals surface area contributed by atoms with E-state index in [4.69, 9.17) is 0 Å². The number of carbonyl (C=O) groups excluding carboxylic acids is 3. The van der Waals surface area contributed by atoms with E-state index in [-0.39, 0.29) is 29.2 Å². The van der Waals surface area contributed by atoms with Crippen molar-refractivity contribution in [2.45, 2.75) is 18.9 Å². The summed E-state index contributed by atoms with van der Waals surface area (Å²) in [6.45, 7) is 0.525. The Bertz CT molecular complexity index is 833. The van der Waals surface area contributed by atoms with Crippen molar-refractivity contribution in [2.75, 3.05) is 18.9 Å². The van der Waals surface area contributed by atoms with E-state index < -0.39 is 6.04 Å². The average molecular weight is 420 g/mol. The molecule has 1 unspecified atom stereocenters. The summed E-state index contributed by atoms with van der Waals surface area (Å²) in [6.07, 6.45) is 1.34. The zero-order chi connectivity index (χ0) is 18.7. The van der Waals surface area contributed by atoms with Crippen molar-refractivity contribution < 1.29 is 14.4 Å². The minimum atomic E-state index is -0.564. The van der Waals surface area contributed by atoms with Crippen LogP contribution in [0.5, 0.6) is 0 Å².